The van der Waals surface area contributed by atoms with Gasteiger partial charge in [-0.3, -0.25) is 4.98 Å². The summed E-state index contributed by atoms with van der Waals surface area (Å²) in [6, 6.07) is 10.3. The fourth-order valence-electron chi connectivity index (χ4n) is 2.23. The lowest BCUT2D eigenvalue weighted by Crippen LogP contribution is -2.19. The molecule has 3 nitrogen and oxygen atoms in total. The van der Waals surface area contributed by atoms with E-state index in [2.05, 4.69) is 35.2 Å². The summed E-state index contributed by atoms with van der Waals surface area (Å²) in [5.74, 6) is 2.69. The van der Waals surface area contributed by atoms with E-state index < -0.39 is 0 Å². The van der Waals surface area contributed by atoms with E-state index in [1.165, 1.54) is 0 Å². The number of rotatable bonds is 6. The van der Waals surface area contributed by atoms with Crippen LogP contribution in [-0.2, 0) is 6.54 Å². The van der Waals surface area contributed by atoms with Crippen LogP contribution in [-0.4, -0.2) is 25.1 Å². The molecule has 0 unspecified atom stereocenters. The Morgan fingerprint density at radius 1 is 1.35 bits per heavy atom. The maximum Gasteiger partial charge on any atom is 0.0788 e. The van der Waals surface area contributed by atoms with E-state index in [-0.39, 0.29) is 0 Å². The van der Waals surface area contributed by atoms with Gasteiger partial charge in [0.25, 0.3) is 0 Å². The minimum Gasteiger partial charge on any atom is -0.363 e. The maximum atomic E-state index is 5.43. The predicted octanol–water partition coefficient (Wildman–Crippen LogP) is 2.80. The maximum absolute atomic E-state index is 5.43. The van der Waals surface area contributed by atoms with Gasteiger partial charge in [0, 0.05) is 24.7 Å². The molecule has 1 aromatic carbocycles. The third kappa shape index (κ3) is 3.28. The highest BCUT2D eigenvalue weighted by Gasteiger charge is 2.08. The van der Waals surface area contributed by atoms with E-state index in [0.717, 1.165) is 41.8 Å². The van der Waals surface area contributed by atoms with Crippen molar-refractivity contribution in [3.63, 3.8) is 0 Å². The minimum absolute atomic E-state index is 0.593. The lowest BCUT2D eigenvalue weighted by atomic mass is 10.1. The van der Waals surface area contributed by atoms with Crippen molar-refractivity contribution in [2.24, 2.45) is 0 Å². The average Bonchev–Trinajstić information content (AvgIpc) is 2.47. The van der Waals surface area contributed by atoms with Crippen molar-refractivity contribution in [1.29, 1.82) is 0 Å². The first kappa shape index (κ1) is 14.4. The normalized spacial score (nSPS) is 10.4. The molecule has 20 heavy (non-hydrogen) atoms. The molecule has 0 atom stereocenters. The lowest BCUT2D eigenvalue weighted by Gasteiger charge is -2.19. The molecule has 0 saturated carbocycles. The molecule has 0 aliphatic carbocycles. The van der Waals surface area contributed by atoms with Crippen LogP contribution >= 0.6 is 0 Å². The number of hydrogen-bond acceptors (Lipinski definition) is 3. The van der Waals surface area contributed by atoms with Crippen LogP contribution in [0.15, 0.2) is 30.3 Å². The second-order valence-corrected chi connectivity index (χ2v) is 4.89. The number of nitrogens with zero attached hydrogens (tertiary/aromatic N) is 2. The quantitative estimate of drug-likeness (QED) is 0.644. The number of fused-ring (bicyclic) bond motifs is 1. The van der Waals surface area contributed by atoms with Gasteiger partial charge in [0.15, 0.2) is 0 Å². The van der Waals surface area contributed by atoms with Crippen LogP contribution in [0.4, 0.5) is 5.69 Å². The Labute approximate surface area is 121 Å². The Kier molecular flexibility index (Phi) is 4.97. The van der Waals surface area contributed by atoms with E-state index >= 15 is 0 Å². The Balaban J connectivity index is 2.39. The SMILES string of the molecule is C#CCN(C)c1cc(CNCCC)nc2ccccc12. The Hall–Kier alpha value is -2.05. The van der Waals surface area contributed by atoms with E-state index in [0.29, 0.717) is 6.54 Å². The standard InChI is InChI=1S/C17H21N3/c1-4-10-18-13-14-12-17(20(3)11-5-2)15-8-6-7-9-16(15)19-14/h2,6-9,12,18H,4,10-11,13H2,1,3H3. The van der Waals surface area contributed by atoms with E-state index in [1.54, 1.807) is 0 Å². The van der Waals surface area contributed by atoms with Crippen molar-refractivity contribution in [2.45, 2.75) is 19.9 Å². The molecular formula is C17H21N3. The molecule has 104 valence electrons. The van der Waals surface area contributed by atoms with Crippen LogP contribution in [0.5, 0.6) is 0 Å². The second-order valence-electron chi connectivity index (χ2n) is 4.89. The topological polar surface area (TPSA) is 28.2 Å². The van der Waals surface area contributed by atoms with Crippen molar-refractivity contribution in [3.05, 3.63) is 36.0 Å². The summed E-state index contributed by atoms with van der Waals surface area (Å²) in [4.78, 5) is 6.80. The molecule has 0 spiro atoms. The lowest BCUT2D eigenvalue weighted by molar-refractivity contribution is 0.666. The van der Waals surface area contributed by atoms with Gasteiger partial charge in [-0.25, -0.2) is 0 Å². The molecule has 0 radical (unpaired) electrons. The van der Waals surface area contributed by atoms with Crippen LogP contribution in [0.3, 0.4) is 0 Å². The molecule has 2 aromatic rings. The first-order chi connectivity index (χ1) is 9.76. The Morgan fingerprint density at radius 2 is 2.15 bits per heavy atom. The van der Waals surface area contributed by atoms with Crippen LogP contribution in [0.25, 0.3) is 10.9 Å². The third-order valence-electron chi connectivity index (χ3n) is 3.22. The van der Waals surface area contributed by atoms with E-state index in [4.69, 9.17) is 11.4 Å². The molecule has 3 heteroatoms. The average molecular weight is 267 g/mol. The summed E-state index contributed by atoms with van der Waals surface area (Å²) in [6.45, 7) is 4.54. The smallest absolute Gasteiger partial charge is 0.0788 e. The van der Waals surface area contributed by atoms with Gasteiger partial charge in [0.1, 0.15) is 0 Å². The molecule has 1 heterocycles. The van der Waals surface area contributed by atoms with Gasteiger partial charge in [0.05, 0.1) is 17.8 Å². The highest BCUT2D eigenvalue weighted by molar-refractivity contribution is 5.91. The van der Waals surface area contributed by atoms with E-state index in [1.807, 2.05) is 25.2 Å². The number of aromatic nitrogens is 1. The first-order valence-electron chi connectivity index (χ1n) is 7.00. The van der Waals surface area contributed by atoms with Gasteiger partial charge >= 0.3 is 0 Å². The molecule has 1 aromatic heterocycles. The van der Waals surface area contributed by atoms with Crippen molar-refractivity contribution < 1.29 is 0 Å². The van der Waals surface area contributed by atoms with E-state index in [9.17, 15) is 0 Å². The predicted molar refractivity (Wildman–Crippen MR) is 85.8 cm³/mol. The Bertz CT molecular complexity index is 613. The summed E-state index contributed by atoms with van der Waals surface area (Å²) >= 11 is 0. The molecule has 1 N–H and O–H groups in total. The second kappa shape index (κ2) is 6.93. The monoisotopic (exact) mass is 267 g/mol. The number of anilines is 1. The van der Waals surface area contributed by atoms with Gasteiger partial charge in [-0.05, 0) is 25.1 Å². The summed E-state index contributed by atoms with van der Waals surface area (Å²) in [5, 5.41) is 4.54. The zero-order valence-corrected chi connectivity index (χ0v) is 12.2. The molecule has 0 saturated heterocycles. The van der Waals surface area contributed by atoms with Crippen molar-refractivity contribution in [1.82, 2.24) is 10.3 Å². The molecular weight excluding hydrogens is 246 g/mol. The third-order valence-corrected chi connectivity index (χ3v) is 3.22. The molecule has 0 aliphatic heterocycles. The van der Waals surface area contributed by atoms with Gasteiger partial charge in [-0.1, -0.05) is 31.0 Å². The first-order valence-corrected chi connectivity index (χ1v) is 7.00. The fraction of sp³-hybridized carbons (Fsp3) is 0.353. The largest absolute Gasteiger partial charge is 0.363 e. The highest BCUT2D eigenvalue weighted by atomic mass is 15.1. The number of nitrogens with one attached hydrogen (secondary N) is 1. The van der Waals surface area contributed by atoms with Crippen LogP contribution in [0.2, 0.25) is 0 Å². The highest BCUT2D eigenvalue weighted by Crippen LogP contribution is 2.25. The number of para-hydroxylation sites is 1. The van der Waals surface area contributed by atoms with Crippen LogP contribution in [0, 0.1) is 12.3 Å². The molecule has 0 bridgehead atoms. The van der Waals surface area contributed by atoms with Crippen LogP contribution < -0.4 is 10.2 Å². The number of benzene rings is 1. The van der Waals surface area contributed by atoms with Crippen molar-refractivity contribution in [3.8, 4) is 12.3 Å². The summed E-state index contributed by atoms with van der Waals surface area (Å²) < 4.78 is 0. The summed E-state index contributed by atoms with van der Waals surface area (Å²) in [7, 11) is 2.02. The molecule has 0 amide bonds. The van der Waals surface area contributed by atoms with Gasteiger partial charge < -0.3 is 10.2 Å². The Morgan fingerprint density at radius 3 is 2.90 bits per heavy atom. The summed E-state index contributed by atoms with van der Waals surface area (Å²) in [6.07, 6.45) is 6.55. The van der Waals surface area contributed by atoms with Gasteiger partial charge in [-0.2, -0.15) is 0 Å². The fourth-order valence-corrected chi connectivity index (χ4v) is 2.23. The molecule has 0 aliphatic rings. The summed E-state index contributed by atoms with van der Waals surface area (Å²) in [5.41, 5.74) is 3.21. The number of hydrogen-bond donors (Lipinski definition) is 1. The van der Waals surface area contributed by atoms with Crippen LogP contribution in [0.1, 0.15) is 19.0 Å². The van der Waals surface area contributed by atoms with Gasteiger partial charge in [0.2, 0.25) is 0 Å². The minimum atomic E-state index is 0.593. The number of pyridine rings is 1. The van der Waals surface area contributed by atoms with Gasteiger partial charge in [-0.15, -0.1) is 6.42 Å². The number of terminal acetylenes is 1. The molecule has 0 fully saturated rings. The molecule has 2 rings (SSSR count). The van der Waals surface area contributed by atoms with Crippen molar-refractivity contribution >= 4 is 16.6 Å². The zero-order valence-electron chi connectivity index (χ0n) is 12.2. The van der Waals surface area contributed by atoms with Crippen molar-refractivity contribution in [2.75, 3.05) is 25.0 Å². The zero-order chi connectivity index (χ0) is 14.4.